The van der Waals surface area contributed by atoms with E-state index in [1.807, 2.05) is 12.1 Å². The van der Waals surface area contributed by atoms with Gasteiger partial charge in [0.25, 0.3) is 0 Å². The van der Waals surface area contributed by atoms with E-state index in [1.54, 1.807) is 11.8 Å². The van der Waals surface area contributed by atoms with Gasteiger partial charge in [0.05, 0.1) is 36.6 Å². The summed E-state index contributed by atoms with van der Waals surface area (Å²) in [7, 11) is 0. The zero-order valence-corrected chi connectivity index (χ0v) is 16.5. The summed E-state index contributed by atoms with van der Waals surface area (Å²) in [6, 6.07) is 15.3. The maximum Gasteiger partial charge on any atom is 0.0992 e. The molecule has 4 rings (SSSR count). The van der Waals surface area contributed by atoms with Gasteiger partial charge in [-0.05, 0) is 43.7 Å². The fourth-order valence-corrected chi connectivity index (χ4v) is 4.46. The van der Waals surface area contributed by atoms with Crippen molar-refractivity contribution in [1.29, 1.82) is 5.26 Å². The van der Waals surface area contributed by atoms with E-state index in [1.165, 1.54) is 16.0 Å². The van der Waals surface area contributed by atoms with E-state index in [0.29, 0.717) is 11.6 Å². The third-order valence-electron chi connectivity index (χ3n) is 5.08. The fraction of sp³-hybridized carbons (Fsp3) is 0.318. The van der Waals surface area contributed by atoms with Gasteiger partial charge in [-0.25, -0.2) is 0 Å². The third kappa shape index (κ3) is 3.83. The molecule has 0 aromatic heterocycles. The molecule has 0 bridgehead atoms. The highest BCUT2D eigenvalue weighted by atomic mass is 32.2. The summed E-state index contributed by atoms with van der Waals surface area (Å²) < 4.78 is 5.31. The van der Waals surface area contributed by atoms with Gasteiger partial charge in [0.2, 0.25) is 0 Å². The van der Waals surface area contributed by atoms with Crippen molar-refractivity contribution in [1.82, 2.24) is 4.90 Å². The number of ether oxygens (including phenoxy) is 1. The van der Waals surface area contributed by atoms with Crippen molar-refractivity contribution in [2.75, 3.05) is 31.2 Å². The molecule has 2 aliphatic rings. The van der Waals surface area contributed by atoms with Gasteiger partial charge >= 0.3 is 0 Å². The molecule has 4 nitrogen and oxygen atoms in total. The Balaban J connectivity index is 1.62. The van der Waals surface area contributed by atoms with Crippen LogP contribution in [0.5, 0.6) is 0 Å². The first-order valence-corrected chi connectivity index (χ1v) is 10.0. The van der Waals surface area contributed by atoms with Crippen LogP contribution in [0, 0.1) is 25.2 Å². The zero-order valence-electron chi connectivity index (χ0n) is 15.7. The fourth-order valence-electron chi connectivity index (χ4n) is 3.39. The Morgan fingerprint density at radius 2 is 1.89 bits per heavy atom. The molecule has 0 N–H and O–H groups in total. The van der Waals surface area contributed by atoms with Crippen LogP contribution in [0.1, 0.15) is 16.7 Å². The highest BCUT2D eigenvalue weighted by Gasteiger charge is 2.26. The molecule has 2 heterocycles. The van der Waals surface area contributed by atoms with Crippen molar-refractivity contribution in [2.24, 2.45) is 0 Å². The zero-order chi connectivity index (χ0) is 18.8. The summed E-state index contributed by atoms with van der Waals surface area (Å²) in [5, 5.41) is 9.34. The van der Waals surface area contributed by atoms with Gasteiger partial charge in [-0.1, -0.05) is 29.5 Å². The highest BCUT2D eigenvalue weighted by Crippen LogP contribution is 2.38. The van der Waals surface area contributed by atoms with E-state index in [4.69, 9.17) is 4.74 Å². The number of hydrogen-bond donors (Lipinski definition) is 0. The summed E-state index contributed by atoms with van der Waals surface area (Å²) >= 11 is 1.74. The van der Waals surface area contributed by atoms with Gasteiger partial charge in [-0.15, -0.1) is 0 Å². The molecule has 5 heteroatoms. The Hall–Kier alpha value is -2.42. The van der Waals surface area contributed by atoms with Crippen LogP contribution in [0.3, 0.4) is 0 Å². The minimum Gasteiger partial charge on any atom is -0.377 e. The lowest BCUT2D eigenvalue weighted by Crippen LogP contribution is -2.50. The van der Waals surface area contributed by atoms with Gasteiger partial charge in [0.1, 0.15) is 0 Å². The van der Waals surface area contributed by atoms with Gasteiger partial charge in [0, 0.05) is 35.3 Å². The average Bonchev–Trinajstić information content (AvgIpc) is 2.63. The Kier molecular flexibility index (Phi) is 5.11. The van der Waals surface area contributed by atoms with Crippen LogP contribution in [0.15, 0.2) is 58.6 Å². The number of benzene rings is 2. The SMILES string of the molecule is Cc1ccc(Sc2cc(C#N)ccc2N2C=CN(C3COC3)CC2)c(C)c1. The summed E-state index contributed by atoms with van der Waals surface area (Å²) in [4.78, 5) is 6.99. The molecule has 2 aromatic carbocycles. The minimum atomic E-state index is 0.522. The van der Waals surface area contributed by atoms with E-state index in [9.17, 15) is 5.26 Å². The highest BCUT2D eigenvalue weighted by molar-refractivity contribution is 7.99. The van der Waals surface area contributed by atoms with Gasteiger partial charge in [-0.3, -0.25) is 0 Å². The molecule has 0 spiro atoms. The number of rotatable bonds is 4. The van der Waals surface area contributed by atoms with E-state index in [2.05, 4.69) is 66.4 Å². The molecular formula is C22H23N3OS. The maximum absolute atomic E-state index is 9.34. The standard InChI is InChI=1S/C22H23N3OS/c1-16-3-6-21(17(2)11-16)27-22-12-18(13-23)4-5-20(22)25-9-7-24(8-10-25)19-14-26-15-19/h3-7,9,11-12,19H,8,10,14-15H2,1-2H3. The maximum atomic E-state index is 9.34. The monoisotopic (exact) mass is 377 g/mol. The minimum absolute atomic E-state index is 0.522. The van der Waals surface area contributed by atoms with Gasteiger partial charge in [0.15, 0.2) is 0 Å². The molecule has 0 atom stereocenters. The summed E-state index contributed by atoms with van der Waals surface area (Å²) in [6.07, 6.45) is 4.32. The Labute approximate surface area is 165 Å². The molecule has 1 saturated heterocycles. The van der Waals surface area contributed by atoms with E-state index in [-0.39, 0.29) is 0 Å². The molecule has 0 amide bonds. The van der Waals surface area contributed by atoms with Crippen LogP contribution >= 0.6 is 11.8 Å². The smallest absolute Gasteiger partial charge is 0.0992 e. The van der Waals surface area contributed by atoms with Crippen LogP contribution in [-0.2, 0) is 4.74 Å². The first-order valence-electron chi connectivity index (χ1n) is 9.22. The molecule has 0 aliphatic carbocycles. The molecule has 1 fully saturated rings. The summed E-state index contributed by atoms with van der Waals surface area (Å²) in [6.45, 7) is 7.82. The Morgan fingerprint density at radius 3 is 2.52 bits per heavy atom. The van der Waals surface area contributed by atoms with Crippen LogP contribution in [0.25, 0.3) is 0 Å². The van der Waals surface area contributed by atoms with Crippen LogP contribution in [0.2, 0.25) is 0 Å². The number of nitrogens with zero attached hydrogens (tertiary/aromatic N) is 3. The number of nitriles is 1. The molecule has 2 aromatic rings. The van der Waals surface area contributed by atoms with Crippen molar-refractivity contribution in [3.63, 3.8) is 0 Å². The lowest BCUT2D eigenvalue weighted by Gasteiger charge is -2.40. The Bertz CT molecular complexity index is 914. The second kappa shape index (κ2) is 7.67. The number of aryl methyl sites for hydroxylation is 2. The van der Waals surface area contributed by atoms with Crippen molar-refractivity contribution in [2.45, 2.75) is 29.7 Å². The second-order valence-corrected chi connectivity index (χ2v) is 8.17. The topological polar surface area (TPSA) is 39.5 Å². The molecular weight excluding hydrogens is 354 g/mol. The number of hydrogen-bond acceptors (Lipinski definition) is 5. The van der Waals surface area contributed by atoms with Gasteiger partial charge in [-0.2, -0.15) is 5.26 Å². The summed E-state index contributed by atoms with van der Waals surface area (Å²) in [5.74, 6) is 0. The van der Waals surface area contributed by atoms with Crippen molar-refractivity contribution in [3.05, 3.63) is 65.5 Å². The largest absolute Gasteiger partial charge is 0.377 e. The molecule has 0 radical (unpaired) electrons. The van der Waals surface area contributed by atoms with E-state index in [0.717, 1.165) is 36.9 Å². The van der Waals surface area contributed by atoms with Crippen LogP contribution < -0.4 is 4.90 Å². The normalized spacial score (nSPS) is 16.9. The average molecular weight is 378 g/mol. The van der Waals surface area contributed by atoms with Gasteiger partial charge < -0.3 is 14.5 Å². The molecule has 0 saturated carbocycles. The second-order valence-electron chi connectivity index (χ2n) is 7.09. The number of anilines is 1. The summed E-state index contributed by atoms with van der Waals surface area (Å²) in [5.41, 5.74) is 4.38. The third-order valence-corrected chi connectivity index (χ3v) is 6.30. The van der Waals surface area contributed by atoms with E-state index < -0.39 is 0 Å². The first kappa shape index (κ1) is 18.0. The van der Waals surface area contributed by atoms with Crippen molar-refractivity contribution >= 4 is 17.4 Å². The molecule has 138 valence electrons. The molecule has 2 aliphatic heterocycles. The molecule has 27 heavy (non-hydrogen) atoms. The lowest BCUT2D eigenvalue weighted by atomic mass is 10.2. The molecule has 0 unspecified atom stereocenters. The van der Waals surface area contributed by atoms with Crippen LogP contribution in [-0.4, -0.2) is 37.2 Å². The lowest BCUT2D eigenvalue weighted by molar-refractivity contribution is -0.0487. The quantitative estimate of drug-likeness (QED) is 0.794. The van der Waals surface area contributed by atoms with Crippen molar-refractivity contribution < 1.29 is 4.74 Å². The predicted molar refractivity (Wildman–Crippen MR) is 109 cm³/mol. The van der Waals surface area contributed by atoms with E-state index >= 15 is 0 Å². The van der Waals surface area contributed by atoms with Crippen LogP contribution in [0.4, 0.5) is 5.69 Å². The predicted octanol–water partition coefficient (Wildman–Crippen LogP) is 4.32. The van der Waals surface area contributed by atoms with Crippen molar-refractivity contribution in [3.8, 4) is 6.07 Å². The Morgan fingerprint density at radius 1 is 1.04 bits per heavy atom. The first-order chi connectivity index (χ1) is 13.1.